The Labute approximate surface area is 176 Å². The zero-order chi connectivity index (χ0) is 21.1. The summed E-state index contributed by atoms with van der Waals surface area (Å²) in [7, 11) is 0. The summed E-state index contributed by atoms with van der Waals surface area (Å²) in [4.78, 5) is 21.4. The number of amides is 1. The van der Waals surface area contributed by atoms with E-state index in [9.17, 15) is 4.79 Å². The Kier molecular flexibility index (Phi) is 5.81. The Hall–Kier alpha value is -2.80. The van der Waals surface area contributed by atoms with Crippen molar-refractivity contribution in [3.05, 3.63) is 58.7 Å². The van der Waals surface area contributed by atoms with E-state index < -0.39 is 0 Å². The highest BCUT2D eigenvalue weighted by Crippen LogP contribution is 2.34. The van der Waals surface area contributed by atoms with Gasteiger partial charge in [0.1, 0.15) is 6.33 Å². The lowest BCUT2D eigenvalue weighted by Gasteiger charge is -2.38. The molecular weight excluding hydrogens is 378 g/mol. The molecule has 4 rings (SSSR count). The highest BCUT2D eigenvalue weighted by Gasteiger charge is 2.34. The molecule has 3 aromatic rings. The normalized spacial score (nSPS) is 16.0. The number of carbonyl (C=O) groups excluding carboxylic acids is 1. The van der Waals surface area contributed by atoms with Gasteiger partial charge in [-0.1, -0.05) is 29.8 Å². The lowest BCUT2D eigenvalue weighted by Crippen LogP contribution is -2.44. The number of nitrogens with one attached hydrogen (secondary N) is 1. The van der Waals surface area contributed by atoms with E-state index in [1.807, 2.05) is 13.8 Å². The van der Waals surface area contributed by atoms with Gasteiger partial charge in [-0.3, -0.25) is 4.79 Å². The first-order valence-electron chi connectivity index (χ1n) is 10.6. The second kappa shape index (κ2) is 8.52. The molecule has 1 aromatic carbocycles. The maximum absolute atomic E-state index is 12.7. The van der Waals surface area contributed by atoms with Crippen LogP contribution in [0.3, 0.4) is 0 Å². The van der Waals surface area contributed by atoms with E-state index in [4.69, 9.17) is 4.74 Å². The first-order valence-corrected chi connectivity index (χ1v) is 10.6. The molecule has 7 heteroatoms. The topological polar surface area (TPSA) is 81.4 Å². The van der Waals surface area contributed by atoms with Crippen LogP contribution in [-0.4, -0.2) is 45.2 Å². The highest BCUT2D eigenvalue weighted by molar-refractivity contribution is 5.76. The number of nitrogens with zero attached hydrogens (tertiary/aromatic N) is 4. The molecule has 7 nitrogen and oxygen atoms in total. The molecular formula is C23H29N5O2. The minimum absolute atomic E-state index is 0.0611. The molecule has 0 radical (unpaired) electrons. The standard InChI is InChI=1S/C23H29N5O2/c1-16-5-4-6-19(13-16)23(9-11-30-12-10-23)14-24-21(29)8-7-20-17(2)27-22-25-15-26-28(22)18(20)3/h4-6,13,15H,7-12,14H2,1-3H3,(H,24,29). The van der Waals surface area contributed by atoms with E-state index in [1.54, 1.807) is 4.52 Å². The number of hydrogen-bond acceptors (Lipinski definition) is 5. The smallest absolute Gasteiger partial charge is 0.252 e. The average molecular weight is 408 g/mol. The number of carbonyl (C=O) groups is 1. The Morgan fingerprint density at radius 2 is 2.03 bits per heavy atom. The largest absolute Gasteiger partial charge is 0.381 e. The van der Waals surface area contributed by atoms with Gasteiger partial charge in [-0.05, 0) is 51.2 Å². The molecule has 0 unspecified atom stereocenters. The van der Waals surface area contributed by atoms with Crippen LogP contribution in [0.15, 0.2) is 30.6 Å². The minimum atomic E-state index is -0.0625. The van der Waals surface area contributed by atoms with Crippen LogP contribution in [0.4, 0.5) is 0 Å². The number of benzene rings is 1. The third-order valence-corrected chi connectivity index (χ3v) is 6.29. The van der Waals surface area contributed by atoms with E-state index >= 15 is 0 Å². The van der Waals surface area contributed by atoms with Gasteiger partial charge in [0.25, 0.3) is 5.78 Å². The summed E-state index contributed by atoms with van der Waals surface area (Å²) >= 11 is 0. The third-order valence-electron chi connectivity index (χ3n) is 6.29. The van der Waals surface area contributed by atoms with Gasteiger partial charge in [0.15, 0.2) is 0 Å². The number of fused-ring (bicyclic) bond motifs is 1. The molecule has 0 atom stereocenters. The summed E-state index contributed by atoms with van der Waals surface area (Å²) in [6, 6.07) is 8.63. The van der Waals surface area contributed by atoms with Crippen LogP contribution in [0, 0.1) is 20.8 Å². The van der Waals surface area contributed by atoms with Crippen LogP contribution in [0.1, 0.15) is 47.3 Å². The van der Waals surface area contributed by atoms with E-state index in [0.29, 0.717) is 25.2 Å². The number of aromatic nitrogens is 4. The van der Waals surface area contributed by atoms with Gasteiger partial charge in [-0.15, -0.1) is 0 Å². The molecule has 158 valence electrons. The molecule has 30 heavy (non-hydrogen) atoms. The van der Waals surface area contributed by atoms with Crippen LogP contribution in [-0.2, 0) is 21.4 Å². The maximum atomic E-state index is 12.7. The predicted molar refractivity (Wildman–Crippen MR) is 114 cm³/mol. The van der Waals surface area contributed by atoms with Gasteiger partial charge < -0.3 is 10.1 Å². The van der Waals surface area contributed by atoms with Gasteiger partial charge in [-0.2, -0.15) is 10.1 Å². The van der Waals surface area contributed by atoms with Gasteiger partial charge in [0, 0.05) is 43.0 Å². The van der Waals surface area contributed by atoms with Gasteiger partial charge in [0.2, 0.25) is 5.91 Å². The lowest BCUT2D eigenvalue weighted by atomic mass is 9.73. The fourth-order valence-corrected chi connectivity index (χ4v) is 4.42. The minimum Gasteiger partial charge on any atom is -0.381 e. The van der Waals surface area contributed by atoms with Crippen LogP contribution in [0.25, 0.3) is 5.78 Å². The lowest BCUT2D eigenvalue weighted by molar-refractivity contribution is -0.121. The Morgan fingerprint density at radius 1 is 1.23 bits per heavy atom. The second-order valence-corrected chi connectivity index (χ2v) is 8.27. The zero-order valence-corrected chi connectivity index (χ0v) is 17.9. The van der Waals surface area contributed by atoms with Crippen LogP contribution in [0.2, 0.25) is 0 Å². The van der Waals surface area contributed by atoms with Crippen LogP contribution in [0.5, 0.6) is 0 Å². The molecule has 0 saturated carbocycles. The SMILES string of the molecule is Cc1cccc(C2(CNC(=O)CCc3c(C)nc4ncnn4c3C)CCOCC2)c1. The number of aryl methyl sites for hydroxylation is 3. The van der Waals surface area contributed by atoms with Crippen molar-refractivity contribution >= 4 is 11.7 Å². The Morgan fingerprint density at radius 3 is 2.80 bits per heavy atom. The fourth-order valence-electron chi connectivity index (χ4n) is 4.42. The van der Waals surface area contributed by atoms with Crippen molar-refractivity contribution in [2.24, 2.45) is 0 Å². The summed E-state index contributed by atoms with van der Waals surface area (Å²) in [5, 5.41) is 7.43. The van der Waals surface area contributed by atoms with Gasteiger partial charge in [-0.25, -0.2) is 9.50 Å². The number of ether oxygens (including phenoxy) is 1. The van der Waals surface area contributed by atoms with Crippen molar-refractivity contribution in [3.8, 4) is 0 Å². The third kappa shape index (κ3) is 4.07. The first kappa shape index (κ1) is 20.5. The summed E-state index contributed by atoms with van der Waals surface area (Å²) in [5.41, 5.74) is 5.42. The molecule has 2 aromatic heterocycles. The van der Waals surface area contributed by atoms with Crippen LogP contribution >= 0.6 is 0 Å². The fraction of sp³-hybridized carbons (Fsp3) is 0.478. The number of rotatable bonds is 6. The predicted octanol–water partition coefficient (Wildman–Crippen LogP) is 2.85. The molecule has 0 aliphatic carbocycles. The monoisotopic (exact) mass is 407 g/mol. The van der Waals surface area contributed by atoms with Crippen molar-refractivity contribution < 1.29 is 9.53 Å². The van der Waals surface area contributed by atoms with E-state index in [1.165, 1.54) is 17.5 Å². The second-order valence-electron chi connectivity index (χ2n) is 8.27. The van der Waals surface area contributed by atoms with E-state index in [-0.39, 0.29) is 11.3 Å². The maximum Gasteiger partial charge on any atom is 0.252 e. The average Bonchev–Trinajstić information content (AvgIpc) is 3.21. The van der Waals surface area contributed by atoms with E-state index in [0.717, 1.165) is 43.0 Å². The van der Waals surface area contributed by atoms with Crippen molar-refractivity contribution in [1.29, 1.82) is 0 Å². The molecule has 1 aliphatic rings. The van der Waals surface area contributed by atoms with E-state index in [2.05, 4.69) is 51.6 Å². The van der Waals surface area contributed by atoms with Crippen molar-refractivity contribution in [1.82, 2.24) is 24.9 Å². The molecule has 1 saturated heterocycles. The summed E-state index contributed by atoms with van der Waals surface area (Å²) in [6.45, 7) is 8.16. The van der Waals surface area contributed by atoms with Gasteiger partial charge >= 0.3 is 0 Å². The number of hydrogen-bond donors (Lipinski definition) is 1. The summed E-state index contributed by atoms with van der Waals surface area (Å²) in [6.07, 6.45) is 4.39. The molecule has 1 fully saturated rings. The summed E-state index contributed by atoms with van der Waals surface area (Å²) < 4.78 is 7.34. The van der Waals surface area contributed by atoms with Gasteiger partial charge in [0.05, 0.1) is 0 Å². The molecule has 3 heterocycles. The molecule has 0 spiro atoms. The first-order chi connectivity index (χ1) is 14.5. The van der Waals surface area contributed by atoms with Crippen molar-refractivity contribution in [2.75, 3.05) is 19.8 Å². The summed E-state index contributed by atoms with van der Waals surface area (Å²) in [5.74, 6) is 0.656. The highest BCUT2D eigenvalue weighted by atomic mass is 16.5. The molecule has 1 aliphatic heterocycles. The van der Waals surface area contributed by atoms with Crippen LogP contribution < -0.4 is 5.32 Å². The van der Waals surface area contributed by atoms with Crippen molar-refractivity contribution in [2.45, 2.75) is 51.9 Å². The molecule has 0 bridgehead atoms. The van der Waals surface area contributed by atoms with Crippen molar-refractivity contribution in [3.63, 3.8) is 0 Å². The molecule has 1 N–H and O–H groups in total. The molecule has 1 amide bonds. The zero-order valence-electron chi connectivity index (χ0n) is 17.9. The Balaban J connectivity index is 1.43. The Bertz CT molecular complexity index is 1050. The quantitative estimate of drug-likeness (QED) is 0.680.